The first-order valence-corrected chi connectivity index (χ1v) is 4.79. The fourth-order valence-electron chi connectivity index (χ4n) is 1.52. The van der Waals surface area contributed by atoms with Crippen molar-refractivity contribution in [1.82, 2.24) is 0 Å². The van der Waals surface area contributed by atoms with Gasteiger partial charge in [0.25, 0.3) is 11.2 Å². The zero-order valence-electron chi connectivity index (χ0n) is 9.86. The molecule has 0 amide bonds. The molecule has 0 bridgehead atoms. The SMILES string of the molecule is CC(=O)O[C@@]1(C)C(=O)OC(=O)[C@@]1(C)OC(C)=O. The highest BCUT2D eigenvalue weighted by atomic mass is 16.7. The Kier molecular flexibility index (Phi) is 2.96. The van der Waals surface area contributed by atoms with Gasteiger partial charge in [-0.1, -0.05) is 0 Å². The summed E-state index contributed by atoms with van der Waals surface area (Å²) in [4.78, 5) is 45.0. The van der Waals surface area contributed by atoms with Gasteiger partial charge in [0.2, 0.25) is 0 Å². The van der Waals surface area contributed by atoms with Crippen molar-refractivity contribution in [3.8, 4) is 0 Å². The Bertz CT molecular complexity index is 375. The molecule has 0 aliphatic carbocycles. The Morgan fingerprint density at radius 1 is 0.941 bits per heavy atom. The van der Waals surface area contributed by atoms with Crippen LogP contribution in [-0.4, -0.2) is 35.1 Å². The number of ether oxygens (including phenoxy) is 3. The fourth-order valence-corrected chi connectivity index (χ4v) is 1.52. The van der Waals surface area contributed by atoms with Crippen LogP contribution in [0.5, 0.6) is 0 Å². The Hall–Kier alpha value is -1.92. The molecule has 94 valence electrons. The molecular weight excluding hydrogens is 232 g/mol. The van der Waals surface area contributed by atoms with E-state index >= 15 is 0 Å². The molecule has 0 N–H and O–H groups in total. The summed E-state index contributed by atoms with van der Waals surface area (Å²) < 4.78 is 13.9. The van der Waals surface area contributed by atoms with E-state index in [1.54, 1.807) is 0 Å². The molecule has 7 heteroatoms. The van der Waals surface area contributed by atoms with Crippen LogP contribution in [0, 0.1) is 0 Å². The minimum absolute atomic E-state index is 0.794. The molecule has 0 spiro atoms. The third-order valence-corrected chi connectivity index (χ3v) is 2.57. The predicted octanol–water partition coefficient (Wildman–Crippen LogP) is -0.287. The Morgan fingerprint density at radius 2 is 1.24 bits per heavy atom. The Labute approximate surface area is 97.0 Å². The first kappa shape index (κ1) is 13.1. The lowest BCUT2D eigenvalue weighted by Gasteiger charge is -2.32. The van der Waals surface area contributed by atoms with E-state index in [1.807, 2.05) is 0 Å². The van der Waals surface area contributed by atoms with Crippen molar-refractivity contribution in [2.45, 2.75) is 38.9 Å². The molecule has 1 rings (SSSR count). The van der Waals surface area contributed by atoms with Gasteiger partial charge in [-0.05, 0) is 13.8 Å². The lowest BCUT2D eigenvalue weighted by atomic mass is 9.88. The van der Waals surface area contributed by atoms with Gasteiger partial charge in [-0.2, -0.15) is 0 Å². The average molecular weight is 244 g/mol. The van der Waals surface area contributed by atoms with Crippen LogP contribution in [0.25, 0.3) is 0 Å². The first-order valence-electron chi connectivity index (χ1n) is 4.79. The normalized spacial score (nSPS) is 32.0. The molecule has 1 aliphatic rings. The molecule has 7 nitrogen and oxygen atoms in total. The molecule has 0 aromatic heterocycles. The van der Waals surface area contributed by atoms with Gasteiger partial charge in [0.1, 0.15) is 0 Å². The van der Waals surface area contributed by atoms with E-state index in [-0.39, 0.29) is 0 Å². The molecule has 1 saturated heterocycles. The molecule has 2 atom stereocenters. The molecule has 0 unspecified atom stereocenters. The van der Waals surface area contributed by atoms with Gasteiger partial charge >= 0.3 is 23.9 Å². The van der Waals surface area contributed by atoms with Gasteiger partial charge in [-0.25, -0.2) is 9.59 Å². The van der Waals surface area contributed by atoms with E-state index in [1.165, 1.54) is 0 Å². The number of carbonyl (C=O) groups is 4. The summed E-state index contributed by atoms with van der Waals surface area (Å²) >= 11 is 0. The highest BCUT2D eigenvalue weighted by molar-refractivity contribution is 6.06. The van der Waals surface area contributed by atoms with E-state index in [4.69, 9.17) is 9.47 Å². The van der Waals surface area contributed by atoms with E-state index in [9.17, 15) is 19.2 Å². The zero-order chi connectivity index (χ0) is 13.4. The molecule has 0 aromatic rings. The van der Waals surface area contributed by atoms with Crippen molar-refractivity contribution >= 4 is 23.9 Å². The molecular formula is C10H12O7. The van der Waals surface area contributed by atoms with E-state index in [2.05, 4.69) is 4.74 Å². The minimum atomic E-state index is -1.97. The largest absolute Gasteiger partial charge is 0.442 e. The average Bonchev–Trinajstić information content (AvgIpc) is 2.26. The second-order valence-corrected chi connectivity index (χ2v) is 3.93. The van der Waals surface area contributed by atoms with Crippen molar-refractivity contribution in [1.29, 1.82) is 0 Å². The van der Waals surface area contributed by atoms with Crippen LogP contribution in [0.4, 0.5) is 0 Å². The summed E-state index contributed by atoms with van der Waals surface area (Å²) in [5, 5.41) is 0. The van der Waals surface area contributed by atoms with Gasteiger partial charge in [-0.3, -0.25) is 9.59 Å². The summed E-state index contributed by atoms with van der Waals surface area (Å²) in [6.07, 6.45) is 0. The maximum Gasteiger partial charge on any atom is 0.363 e. The number of carbonyl (C=O) groups excluding carboxylic acids is 4. The third-order valence-electron chi connectivity index (χ3n) is 2.57. The number of esters is 4. The van der Waals surface area contributed by atoms with Gasteiger partial charge in [-0.15, -0.1) is 0 Å². The standard InChI is InChI=1S/C10H12O7/c1-5(11)16-9(3)7(13)15-8(14)10(9,4)17-6(2)12/h1-4H3/t9-,10+. The lowest BCUT2D eigenvalue weighted by Crippen LogP contribution is -2.57. The zero-order valence-corrected chi connectivity index (χ0v) is 9.86. The summed E-state index contributed by atoms with van der Waals surface area (Å²) in [6.45, 7) is 4.44. The van der Waals surface area contributed by atoms with E-state index in [0.717, 1.165) is 27.7 Å². The number of hydrogen-bond acceptors (Lipinski definition) is 7. The lowest BCUT2D eigenvalue weighted by molar-refractivity contribution is -0.197. The number of hydrogen-bond donors (Lipinski definition) is 0. The summed E-state index contributed by atoms with van der Waals surface area (Å²) in [5.41, 5.74) is -3.94. The molecule has 1 fully saturated rings. The smallest absolute Gasteiger partial charge is 0.363 e. The van der Waals surface area contributed by atoms with Crippen LogP contribution < -0.4 is 0 Å². The second-order valence-electron chi connectivity index (χ2n) is 3.93. The fraction of sp³-hybridized carbons (Fsp3) is 0.600. The van der Waals surface area contributed by atoms with Crippen molar-refractivity contribution in [3.05, 3.63) is 0 Å². The number of cyclic esters (lactones) is 2. The van der Waals surface area contributed by atoms with E-state index in [0.29, 0.717) is 0 Å². The van der Waals surface area contributed by atoms with E-state index < -0.39 is 35.1 Å². The quantitative estimate of drug-likeness (QED) is 0.374. The molecule has 0 saturated carbocycles. The summed E-state index contributed by atoms with van der Waals surface area (Å²) in [6, 6.07) is 0. The second kappa shape index (κ2) is 3.83. The monoisotopic (exact) mass is 244 g/mol. The van der Waals surface area contributed by atoms with Crippen LogP contribution in [0.1, 0.15) is 27.7 Å². The first-order chi connectivity index (χ1) is 7.63. The van der Waals surface area contributed by atoms with Crippen LogP contribution in [0.2, 0.25) is 0 Å². The highest BCUT2D eigenvalue weighted by Crippen LogP contribution is 2.38. The molecule has 0 aromatic carbocycles. The third kappa shape index (κ3) is 1.88. The van der Waals surface area contributed by atoms with Crippen molar-refractivity contribution in [3.63, 3.8) is 0 Å². The van der Waals surface area contributed by atoms with Crippen LogP contribution in [0.3, 0.4) is 0 Å². The van der Waals surface area contributed by atoms with Gasteiger partial charge in [0.15, 0.2) is 0 Å². The topological polar surface area (TPSA) is 96.0 Å². The molecule has 0 radical (unpaired) electrons. The van der Waals surface area contributed by atoms with Crippen molar-refractivity contribution in [2.24, 2.45) is 0 Å². The molecule has 17 heavy (non-hydrogen) atoms. The summed E-state index contributed by atoms with van der Waals surface area (Å²) in [7, 11) is 0. The highest BCUT2D eigenvalue weighted by Gasteiger charge is 2.69. The minimum Gasteiger partial charge on any atom is -0.442 e. The maximum absolute atomic E-state index is 11.5. The van der Waals surface area contributed by atoms with Crippen LogP contribution in [-0.2, 0) is 33.4 Å². The van der Waals surface area contributed by atoms with Crippen molar-refractivity contribution < 1.29 is 33.4 Å². The van der Waals surface area contributed by atoms with Gasteiger partial charge < -0.3 is 14.2 Å². The maximum atomic E-state index is 11.5. The van der Waals surface area contributed by atoms with Gasteiger partial charge in [0.05, 0.1) is 0 Å². The molecule has 1 heterocycles. The molecule has 1 aliphatic heterocycles. The van der Waals surface area contributed by atoms with Gasteiger partial charge in [0, 0.05) is 13.8 Å². The summed E-state index contributed by atoms with van der Waals surface area (Å²) in [5.74, 6) is -3.72. The Morgan fingerprint density at radius 3 is 1.47 bits per heavy atom. The number of rotatable bonds is 2. The van der Waals surface area contributed by atoms with Crippen molar-refractivity contribution in [2.75, 3.05) is 0 Å². The van der Waals surface area contributed by atoms with Crippen LogP contribution in [0.15, 0.2) is 0 Å². The predicted molar refractivity (Wildman–Crippen MR) is 51.4 cm³/mol. The van der Waals surface area contributed by atoms with Crippen LogP contribution >= 0.6 is 0 Å². The Balaban J connectivity index is 3.22.